The summed E-state index contributed by atoms with van der Waals surface area (Å²) in [7, 11) is 0. The number of alkyl halides is 3. The molecule has 0 aliphatic heterocycles. The van der Waals surface area contributed by atoms with Crippen molar-refractivity contribution in [3.8, 4) is 0 Å². The summed E-state index contributed by atoms with van der Waals surface area (Å²) >= 11 is 3.18. The van der Waals surface area contributed by atoms with Crippen LogP contribution in [0, 0.1) is 0 Å². The molecular formula is C18H16BrF3N2O3. The molecule has 2 aromatic carbocycles. The second kappa shape index (κ2) is 8.43. The van der Waals surface area contributed by atoms with Crippen molar-refractivity contribution < 1.29 is 27.5 Å². The smallest absolute Gasteiger partial charge is 0.441 e. The number of carbonyl (C=O) groups excluding carboxylic acids is 2. The van der Waals surface area contributed by atoms with Crippen molar-refractivity contribution in [2.24, 2.45) is 0 Å². The second-order valence-corrected chi connectivity index (χ2v) is 6.34. The quantitative estimate of drug-likeness (QED) is 0.519. The zero-order valence-corrected chi connectivity index (χ0v) is 15.7. The number of nitrogens with one attached hydrogen (secondary N) is 2. The Morgan fingerprint density at radius 1 is 1.04 bits per heavy atom. The molecule has 1 amide bonds. The fourth-order valence-corrected chi connectivity index (χ4v) is 2.48. The third-order valence-corrected chi connectivity index (χ3v) is 4.05. The van der Waals surface area contributed by atoms with Crippen molar-refractivity contribution in [3.05, 3.63) is 64.6 Å². The van der Waals surface area contributed by atoms with Gasteiger partial charge in [-0.1, -0.05) is 34.1 Å². The van der Waals surface area contributed by atoms with Crippen molar-refractivity contribution >= 4 is 33.5 Å². The van der Waals surface area contributed by atoms with Gasteiger partial charge in [-0.05, 0) is 43.3 Å². The molecule has 2 N–H and O–H groups in total. The Morgan fingerprint density at radius 3 is 2.15 bits per heavy atom. The number of amides is 1. The summed E-state index contributed by atoms with van der Waals surface area (Å²) in [6.45, 7) is 1.08. The van der Waals surface area contributed by atoms with Crippen LogP contribution >= 0.6 is 15.9 Å². The van der Waals surface area contributed by atoms with Crippen LogP contribution in [0.4, 0.5) is 18.9 Å². The van der Waals surface area contributed by atoms with Gasteiger partial charge in [-0.25, -0.2) is 4.79 Å². The average molecular weight is 445 g/mol. The average Bonchev–Trinajstić information content (AvgIpc) is 2.62. The van der Waals surface area contributed by atoms with E-state index in [0.29, 0.717) is 4.47 Å². The van der Waals surface area contributed by atoms with Crippen molar-refractivity contribution in [3.63, 3.8) is 0 Å². The van der Waals surface area contributed by atoms with E-state index in [1.54, 1.807) is 11.4 Å². The molecule has 0 aliphatic rings. The lowest BCUT2D eigenvalue weighted by atomic mass is 10.1. The number of carbonyl (C=O) groups is 2. The molecule has 144 valence electrons. The minimum atomic E-state index is -5.18. The molecule has 27 heavy (non-hydrogen) atoms. The molecule has 0 heterocycles. The maximum Gasteiger partial charge on any atom is 0.441 e. The number of rotatable bonds is 6. The molecule has 0 saturated heterocycles. The zero-order chi connectivity index (χ0) is 20.1. The van der Waals surface area contributed by atoms with Gasteiger partial charge < -0.3 is 15.4 Å². The normalized spacial score (nSPS) is 13.4. The Hall–Kier alpha value is -2.55. The third-order valence-electron chi connectivity index (χ3n) is 3.52. The van der Waals surface area contributed by atoms with Crippen LogP contribution in [0.25, 0.3) is 0 Å². The number of hydrogen-bond acceptors (Lipinski definition) is 4. The Kier molecular flexibility index (Phi) is 6.48. The number of esters is 1. The maximum atomic E-state index is 14.0. The van der Waals surface area contributed by atoms with E-state index < -0.39 is 23.7 Å². The fourth-order valence-electron chi connectivity index (χ4n) is 2.21. The predicted octanol–water partition coefficient (Wildman–Crippen LogP) is 4.11. The highest BCUT2D eigenvalue weighted by atomic mass is 79.9. The summed E-state index contributed by atoms with van der Waals surface area (Å²) in [5.41, 5.74) is -3.52. The van der Waals surface area contributed by atoms with Gasteiger partial charge in [0.15, 0.2) is 0 Å². The number of halogens is 4. The lowest BCUT2D eigenvalue weighted by Gasteiger charge is -2.35. The Labute approximate surface area is 162 Å². The maximum absolute atomic E-state index is 14.0. The lowest BCUT2D eigenvalue weighted by molar-refractivity contribution is -0.204. The van der Waals surface area contributed by atoms with E-state index >= 15 is 0 Å². The van der Waals surface area contributed by atoms with Crippen molar-refractivity contribution in [2.75, 3.05) is 11.9 Å². The van der Waals surface area contributed by atoms with Crippen LogP contribution in [-0.2, 0) is 9.53 Å². The standard InChI is InChI=1S/C18H16BrF3N2O3/c1-2-27-16(26)17(18(20,21)22,23-14-10-8-13(19)9-11-14)24-15(25)12-6-4-3-5-7-12/h3-11,23H,2H2,1H3,(H,24,25)/t17-/m1/s1. The van der Waals surface area contributed by atoms with E-state index in [9.17, 15) is 22.8 Å². The number of hydrogen-bond donors (Lipinski definition) is 2. The molecule has 0 fully saturated rings. The van der Waals surface area contributed by atoms with Gasteiger partial charge in [-0.15, -0.1) is 0 Å². The van der Waals surface area contributed by atoms with E-state index in [1.165, 1.54) is 55.5 Å². The molecule has 0 spiro atoms. The second-order valence-electron chi connectivity index (χ2n) is 5.42. The highest BCUT2D eigenvalue weighted by Crippen LogP contribution is 2.33. The predicted molar refractivity (Wildman–Crippen MR) is 97.1 cm³/mol. The Bertz CT molecular complexity index is 798. The van der Waals surface area contributed by atoms with E-state index in [4.69, 9.17) is 0 Å². The van der Waals surface area contributed by atoms with Crippen LogP contribution in [0.2, 0.25) is 0 Å². The molecule has 5 nitrogen and oxygen atoms in total. The van der Waals surface area contributed by atoms with Crippen LogP contribution < -0.4 is 10.6 Å². The molecule has 0 radical (unpaired) electrons. The van der Waals surface area contributed by atoms with Gasteiger partial charge in [0.25, 0.3) is 5.91 Å². The van der Waals surface area contributed by atoms with E-state index in [1.807, 2.05) is 0 Å². The summed E-state index contributed by atoms with van der Waals surface area (Å²) in [6.07, 6.45) is -5.18. The van der Waals surface area contributed by atoms with Gasteiger partial charge in [0.05, 0.1) is 6.61 Å². The minimum Gasteiger partial charge on any atom is -0.463 e. The Balaban J connectivity index is 2.48. The molecule has 0 unspecified atom stereocenters. The van der Waals surface area contributed by atoms with Gasteiger partial charge in [0.2, 0.25) is 0 Å². The van der Waals surface area contributed by atoms with Crippen LogP contribution in [0.5, 0.6) is 0 Å². The van der Waals surface area contributed by atoms with Crippen LogP contribution in [0.15, 0.2) is 59.1 Å². The van der Waals surface area contributed by atoms with Crippen LogP contribution in [0.1, 0.15) is 17.3 Å². The van der Waals surface area contributed by atoms with Gasteiger partial charge in [0, 0.05) is 15.7 Å². The van der Waals surface area contributed by atoms with Gasteiger partial charge >= 0.3 is 17.8 Å². The largest absolute Gasteiger partial charge is 0.463 e. The highest BCUT2D eigenvalue weighted by molar-refractivity contribution is 9.10. The molecule has 2 rings (SSSR count). The van der Waals surface area contributed by atoms with Crippen molar-refractivity contribution in [2.45, 2.75) is 18.8 Å². The number of anilines is 1. The number of benzene rings is 2. The first-order valence-corrected chi connectivity index (χ1v) is 8.64. The molecule has 0 bridgehead atoms. The molecule has 9 heteroatoms. The van der Waals surface area contributed by atoms with E-state index in [0.717, 1.165) is 0 Å². The molecule has 1 atom stereocenters. The molecule has 0 aromatic heterocycles. The van der Waals surface area contributed by atoms with E-state index in [-0.39, 0.29) is 17.9 Å². The topological polar surface area (TPSA) is 67.4 Å². The summed E-state index contributed by atoms with van der Waals surface area (Å²) < 4.78 is 47.3. The fraction of sp³-hybridized carbons (Fsp3) is 0.222. The molecular weight excluding hydrogens is 429 g/mol. The first kappa shape index (κ1) is 20.8. The first-order chi connectivity index (χ1) is 12.7. The molecule has 0 aliphatic carbocycles. The molecule has 2 aromatic rings. The van der Waals surface area contributed by atoms with Gasteiger partial charge in [-0.3, -0.25) is 4.79 Å². The lowest BCUT2D eigenvalue weighted by Crippen LogP contribution is -2.69. The number of ether oxygens (including phenoxy) is 1. The first-order valence-electron chi connectivity index (χ1n) is 7.85. The summed E-state index contributed by atoms with van der Waals surface area (Å²) in [5, 5.41) is 3.87. The highest BCUT2D eigenvalue weighted by Gasteiger charge is 2.63. The van der Waals surface area contributed by atoms with Crippen LogP contribution in [0.3, 0.4) is 0 Å². The van der Waals surface area contributed by atoms with Crippen molar-refractivity contribution in [1.82, 2.24) is 5.32 Å². The minimum absolute atomic E-state index is 0.0306. The monoisotopic (exact) mass is 444 g/mol. The van der Waals surface area contributed by atoms with Gasteiger partial charge in [0.1, 0.15) is 0 Å². The third kappa shape index (κ3) is 4.79. The van der Waals surface area contributed by atoms with Crippen molar-refractivity contribution in [1.29, 1.82) is 0 Å². The van der Waals surface area contributed by atoms with E-state index in [2.05, 4.69) is 26.0 Å². The van der Waals surface area contributed by atoms with Gasteiger partial charge in [-0.2, -0.15) is 13.2 Å². The SMILES string of the molecule is CCOC(=O)[C@](NC(=O)c1ccccc1)(Nc1ccc(Br)cc1)C(F)(F)F. The summed E-state index contributed by atoms with van der Waals surface area (Å²) in [6, 6.07) is 12.9. The molecule has 0 saturated carbocycles. The summed E-state index contributed by atoms with van der Waals surface area (Å²) in [4.78, 5) is 24.7. The summed E-state index contributed by atoms with van der Waals surface area (Å²) in [5.74, 6) is -2.74. The van der Waals surface area contributed by atoms with Crippen LogP contribution in [-0.4, -0.2) is 30.3 Å². The Morgan fingerprint density at radius 2 is 1.63 bits per heavy atom. The zero-order valence-electron chi connectivity index (χ0n) is 14.1.